The zero-order valence-corrected chi connectivity index (χ0v) is 14.4. The maximum atomic E-state index is 13.0. The fourth-order valence-corrected chi connectivity index (χ4v) is 4.57. The predicted octanol–water partition coefficient (Wildman–Crippen LogP) is 2.73. The van der Waals surface area contributed by atoms with Crippen LogP contribution in [-0.2, 0) is 14.3 Å². The molecule has 0 radical (unpaired) electrons. The Kier molecular flexibility index (Phi) is 3.42. The highest BCUT2D eigenvalue weighted by molar-refractivity contribution is 6.23. The largest absolute Gasteiger partial charge is 0.465 e. The van der Waals surface area contributed by atoms with Gasteiger partial charge in [-0.3, -0.25) is 9.59 Å². The number of amides is 2. The van der Waals surface area contributed by atoms with Gasteiger partial charge in [0, 0.05) is 11.8 Å². The molecular formula is C20H19NO4. The van der Waals surface area contributed by atoms with Crippen LogP contribution in [0, 0.1) is 23.7 Å². The second-order valence-electron chi connectivity index (χ2n) is 7.00. The number of nitrogens with zero attached hydrogens (tertiary/aromatic N) is 1. The highest BCUT2D eigenvalue weighted by atomic mass is 16.5. The van der Waals surface area contributed by atoms with Crippen molar-refractivity contribution >= 4 is 23.5 Å². The van der Waals surface area contributed by atoms with E-state index in [4.69, 9.17) is 4.74 Å². The van der Waals surface area contributed by atoms with E-state index in [0.29, 0.717) is 11.3 Å². The number of hydrogen-bond acceptors (Lipinski definition) is 4. The van der Waals surface area contributed by atoms with Crippen molar-refractivity contribution in [3.8, 4) is 0 Å². The molecule has 5 nitrogen and oxygen atoms in total. The molecule has 1 aromatic carbocycles. The summed E-state index contributed by atoms with van der Waals surface area (Å²) in [7, 11) is 1.30. The van der Waals surface area contributed by atoms with Gasteiger partial charge in [-0.05, 0) is 32.0 Å². The predicted molar refractivity (Wildman–Crippen MR) is 91.7 cm³/mol. The van der Waals surface area contributed by atoms with Crippen molar-refractivity contribution in [1.82, 2.24) is 0 Å². The van der Waals surface area contributed by atoms with Crippen LogP contribution in [0.25, 0.3) is 0 Å². The van der Waals surface area contributed by atoms with Crippen molar-refractivity contribution < 1.29 is 19.1 Å². The first-order valence-electron chi connectivity index (χ1n) is 8.37. The van der Waals surface area contributed by atoms with E-state index in [2.05, 4.69) is 12.2 Å². The molecule has 0 aromatic heterocycles. The summed E-state index contributed by atoms with van der Waals surface area (Å²) < 4.78 is 4.72. The normalized spacial score (nSPS) is 29.4. The van der Waals surface area contributed by atoms with Crippen molar-refractivity contribution in [3.63, 3.8) is 0 Å². The molecule has 0 N–H and O–H groups in total. The first-order valence-corrected chi connectivity index (χ1v) is 8.37. The Balaban J connectivity index is 1.73. The number of rotatable bonds is 2. The van der Waals surface area contributed by atoms with Gasteiger partial charge in [-0.1, -0.05) is 29.4 Å². The van der Waals surface area contributed by atoms with Gasteiger partial charge in [-0.25, -0.2) is 9.69 Å². The lowest BCUT2D eigenvalue weighted by Gasteiger charge is -2.19. The van der Waals surface area contributed by atoms with Gasteiger partial charge < -0.3 is 4.74 Å². The molecule has 5 heteroatoms. The summed E-state index contributed by atoms with van der Waals surface area (Å²) in [5, 5.41) is 0. The molecule has 1 aromatic rings. The fraction of sp³-hybridized carbons (Fsp3) is 0.350. The lowest BCUT2D eigenvalue weighted by atomic mass is 9.85. The molecule has 4 atom stereocenters. The number of carbonyl (C=O) groups is 3. The number of ether oxygens (including phenoxy) is 1. The molecule has 1 saturated carbocycles. The van der Waals surface area contributed by atoms with Crippen LogP contribution in [0.3, 0.4) is 0 Å². The van der Waals surface area contributed by atoms with E-state index in [-0.39, 0.29) is 35.5 Å². The molecular weight excluding hydrogens is 318 g/mol. The van der Waals surface area contributed by atoms with Crippen LogP contribution < -0.4 is 4.90 Å². The summed E-state index contributed by atoms with van der Waals surface area (Å²) in [6.45, 7) is 4.08. The molecule has 1 saturated heterocycles. The van der Waals surface area contributed by atoms with Gasteiger partial charge in [0.2, 0.25) is 11.8 Å². The molecule has 25 heavy (non-hydrogen) atoms. The van der Waals surface area contributed by atoms with Crippen LogP contribution >= 0.6 is 0 Å². The topological polar surface area (TPSA) is 63.7 Å². The van der Waals surface area contributed by atoms with E-state index in [1.807, 2.05) is 13.8 Å². The quantitative estimate of drug-likeness (QED) is 0.473. The van der Waals surface area contributed by atoms with E-state index in [1.54, 1.807) is 24.3 Å². The molecule has 2 bridgehead atoms. The van der Waals surface area contributed by atoms with Crippen molar-refractivity contribution in [2.24, 2.45) is 23.7 Å². The minimum atomic E-state index is -0.491. The van der Waals surface area contributed by atoms with Gasteiger partial charge in [-0.2, -0.15) is 0 Å². The van der Waals surface area contributed by atoms with Crippen molar-refractivity contribution in [1.29, 1.82) is 0 Å². The highest BCUT2D eigenvalue weighted by Gasteiger charge is 2.61. The number of hydrogen-bond donors (Lipinski definition) is 0. The van der Waals surface area contributed by atoms with Gasteiger partial charge in [0.25, 0.3) is 0 Å². The average Bonchev–Trinajstić information content (AvgIpc) is 3.24. The third-order valence-electron chi connectivity index (χ3n) is 5.52. The second kappa shape index (κ2) is 5.41. The first kappa shape index (κ1) is 15.8. The van der Waals surface area contributed by atoms with Gasteiger partial charge in [0.1, 0.15) is 0 Å². The van der Waals surface area contributed by atoms with E-state index in [0.717, 1.165) is 0 Å². The van der Waals surface area contributed by atoms with Gasteiger partial charge in [0.05, 0.1) is 30.2 Å². The zero-order valence-electron chi connectivity index (χ0n) is 14.4. The minimum absolute atomic E-state index is 0.0187. The molecule has 128 valence electrons. The van der Waals surface area contributed by atoms with E-state index in [1.165, 1.54) is 23.2 Å². The van der Waals surface area contributed by atoms with Crippen molar-refractivity contribution in [2.45, 2.75) is 13.8 Å². The van der Waals surface area contributed by atoms with E-state index in [9.17, 15) is 14.4 Å². The van der Waals surface area contributed by atoms with Crippen LogP contribution in [0.5, 0.6) is 0 Å². The standard InChI is InChI=1S/C20H19NO4/c1-10(2)15-13-7-8-14(15)17-16(13)18(22)21(19(17)23)12-6-4-5-11(9-12)20(24)25-3/h4-9,13-14,16-17H,1-3H3/t13-,14-,16-,17+/m1/s1. The van der Waals surface area contributed by atoms with Crippen LogP contribution in [0.1, 0.15) is 24.2 Å². The minimum Gasteiger partial charge on any atom is -0.465 e. The summed E-state index contributed by atoms with van der Waals surface area (Å²) in [4.78, 5) is 39.1. The molecule has 3 aliphatic rings. The number of anilines is 1. The smallest absolute Gasteiger partial charge is 0.337 e. The maximum Gasteiger partial charge on any atom is 0.337 e. The first-order chi connectivity index (χ1) is 12.0. The summed E-state index contributed by atoms with van der Waals surface area (Å²) in [6.07, 6.45) is 4.13. The molecule has 4 rings (SSSR count). The van der Waals surface area contributed by atoms with Crippen LogP contribution in [0.4, 0.5) is 5.69 Å². The third-order valence-corrected chi connectivity index (χ3v) is 5.52. The Morgan fingerprint density at radius 1 is 1.04 bits per heavy atom. The number of imide groups is 1. The number of methoxy groups -OCH3 is 1. The van der Waals surface area contributed by atoms with E-state index >= 15 is 0 Å². The maximum absolute atomic E-state index is 13.0. The number of benzene rings is 1. The molecule has 2 fully saturated rings. The van der Waals surface area contributed by atoms with Crippen LogP contribution in [0.15, 0.2) is 47.6 Å². The number of fused-ring (bicyclic) bond motifs is 5. The van der Waals surface area contributed by atoms with E-state index < -0.39 is 5.97 Å². The van der Waals surface area contributed by atoms with Crippen LogP contribution in [0.2, 0.25) is 0 Å². The van der Waals surface area contributed by atoms with Crippen molar-refractivity contribution in [3.05, 3.63) is 53.1 Å². The Labute approximate surface area is 146 Å². The Morgan fingerprint density at radius 3 is 2.16 bits per heavy atom. The summed E-state index contributed by atoms with van der Waals surface area (Å²) in [5.41, 5.74) is 3.17. The fourth-order valence-electron chi connectivity index (χ4n) is 4.57. The SMILES string of the molecule is COC(=O)c1cccc(N2C(=O)[C@@H]3[C@H](C2=O)[C@@H]2C=C[C@@H]3C2=C(C)C)c1. The van der Waals surface area contributed by atoms with Gasteiger partial charge in [-0.15, -0.1) is 0 Å². The number of esters is 1. The summed E-state index contributed by atoms with van der Waals surface area (Å²) in [5.74, 6) is -1.45. The lowest BCUT2D eigenvalue weighted by molar-refractivity contribution is -0.122. The third kappa shape index (κ3) is 2.05. The monoisotopic (exact) mass is 337 g/mol. The molecule has 1 heterocycles. The number of allylic oxidation sites excluding steroid dienone is 4. The number of carbonyl (C=O) groups excluding carboxylic acids is 3. The van der Waals surface area contributed by atoms with Crippen molar-refractivity contribution in [2.75, 3.05) is 12.0 Å². The van der Waals surface area contributed by atoms with Crippen LogP contribution in [-0.4, -0.2) is 24.9 Å². The van der Waals surface area contributed by atoms with Gasteiger partial charge >= 0.3 is 5.97 Å². The summed E-state index contributed by atoms with van der Waals surface area (Å²) >= 11 is 0. The van der Waals surface area contributed by atoms with Gasteiger partial charge in [0.15, 0.2) is 0 Å². The molecule has 0 unspecified atom stereocenters. The summed E-state index contributed by atoms with van der Waals surface area (Å²) in [6, 6.07) is 6.48. The Hall–Kier alpha value is -2.69. The second-order valence-corrected chi connectivity index (χ2v) is 7.00. The molecule has 2 aliphatic carbocycles. The average molecular weight is 337 g/mol. The Morgan fingerprint density at radius 2 is 1.64 bits per heavy atom. The highest BCUT2D eigenvalue weighted by Crippen LogP contribution is 2.57. The lowest BCUT2D eigenvalue weighted by Crippen LogP contribution is -2.33. The molecule has 0 spiro atoms. The zero-order chi connectivity index (χ0) is 17.9. The molecule has 2 amide bonds. The molecule has 1 aliphatic heterocycles. The Bertz CT molecular complexity index is 828.